The van der Waals surface area contributed by atoms with Gasteiger partial charge in [0.2, 0.25) is 0 Å². The zero-order chi connectivity index (χ0) is 25.7. The Labute approximate surface area is 214 Å². The summed E-state index contributed by atoms with van der Waals surface area (Å²) >= 11 is 1.41. The zero-order valence-electron chi connectivity index (χ0n) is 21.0. The van der Waals surface area contributed by atoms with Gasteiger partial charge in [-0.05, 0) is 61.1 Å². The fraction of sp³-hybridized carbons (Fsp3) is 0.481. The van der Waals surface area contributed by atoms with Gasteiger partial charge in [-0.1, -0.05) is 26.3 Å². The molecule has 2 bridgehead atoms. The van der Waals surface area contributed by atoms with E-state index in [1.807, 2.05) is 18.2 Å². The number of rotatable bonds is 5. The highest BCUT2D eigenvalue weighted by Crippen LogP contribution is 2.57. The summed E-state index contributed by atoms with van der Waals surface area (Å²) in [7, 11) is 1.86. The maximum Gasteiger partial charge on any atom is 0.185 e. The number of fused-ring (bicyclic) bond motifs is 2. The normalized spacial score (nSPS) is 27.6. The molecule has 4 atom stereocenters. The van der Waals surface area contributed by atoms with Crippen LogP contribution in [0.2, 0.25) is 0 Å². The van der Waals surface area contributed by atoms with Crippen LogP contribution in [0.25, 0.3) is 22.5 Å². The summed E-state index contributed by atoms with van der Waals surface area (Å²) in [6, 6.07) is 6.19. The van der Waals surface area contributed by atoms with Gasteiger partial charge in [-0.2, -0.15) is 0 Å². The van der Waals surface area contributed by atoms with Gasteiger partial charge in [-0.3, -0.25) is 0 Å². The summed E-state index contributed by atoms with van der Waals surface area (Å²) in [6.45, 7) is 4.35. The second-order valence-electron chi connectivity index (χ2n) is 10.9. The third kappa shape index (κ3) is 4.42. The first-order chi connectivity index (χ1) is 17.1. The lowest BCUT2D eigenvalue weighted by atomic mass is 9.54. The highest BCUT2D eigenvalue weighted by molar-refractivity contribution is 7.98. The van der Waals surface area contributed by atoms with Crippen LogP contribution in [0.1, 0.15) is 46.0 Å². The van der Waals surface area contributed by atoms with Crippen LogP contribution < -0.4 is 4.90 Å². The number of aromatic nitrogens is 4. The van der Waals surface area contributed by atoms with Crippen LogP contribution in [0, 0.1) is 16.6 Å². The number of thioether (sulfide) groups is 1. The van der Waals surface area contributed by atoms with Gasteiger partial charge >= 0.3 is 0 Å². The van der Waals surface area contributed by atoms with E-state index in [9.17, 15) is 9.50 Å². The molecule has 2 aromatic heterocycles. The molecule has 1 N–H and O–H groups in total. The molecule has 0 saturated heterocycles. The van der Waals surface area contributed by atoms with E-state index in [1.165, 1.54) is 24.0 Å². The van der Waals surface area contributed by atoms with Gasteiger partial charge in [0.15, 0.2) is 11.6 Å². The lowest BCUT2D eigenvalue weighted by Crippen LogP contribution is -2.57. The smallest absolute Gasteiger partial charge is 0.185 e. The maximum absolute atomic E-state index is 15.7. The Hall–Kier alpha value is -2.81. The van der Waals surface area contributed by atoms with Gasteiger partial charge in [0.25, 0.3) is 0 Å². The van der Waals surface area contributed by atoms with Gasteiger partial charge in [-0.25, -0.2) is 18.7 Å². The molecule has 36 heavy (non-hydrogen) atoms. The lowest BCUT2D eigenvalue weighted by Gasteiger charge is -2.55. The molecular formula is C27H31F2N5OS. The summed E-state index contributed by atoms with van der Waals surface area (Å²) in [6.07, 6.45) is 8.48. The molecule has 3 aromatic rings. The summed E-state index contributed by atoms with van der Waals surface area (Å²) in [5, 5.41) is 19.9. The molecule has 0 radical (unpaired) electrons. The number of alkyl halides is 1. The monoisotopic (exact) mass is 511 g/mol. The van der Waals surface area contributed by atoms with Gasteiger partial charge < -0.3 is 10.0 Å². The zero-order valence-corrected chi connectivity index (χ0v) is 21.8. The summed E-state index contributed by atoms with van der Waals surface area (Å²) < 4.78 is 30.0. The maximum atomic E-state index is 15.7. The van der Waals surface area contributed by atoms with Crippen molar-refractivity contribution in [3.63, 3.8) is 0 Å². The van der Waals surface area contributed by atoms with Gasteiger partial charge in [-0.15, -0.1) is 22.0 Å². The van der Waals surface area contributed by atoms with Crippen molar-refractivity contribution < 1.29 is 13.9 Å². The van der Waals surface area contributed by atoms with E-state index in [4.69, 9.17) is 0 Å². The number of anilines is 1. The number of pyridine rings is 1. The SMILES string of the molecule is CSc1cc(-c2ccc(-c3ncc(N(C)[C@@H]4C[C@@]5(C)CCC[C@](C)(C5)[C@@H]4F)nn3)c(O)c2)c(F)cn1. The Morgan fingerprint density at radius 1 is 1.08 bits per heavy atom. The molecule has 190 valence electrons. The standard InChI is InChI=1S/C27H31F2N5OS/c1-26-8-5-9-27(2,15-26)24(29)20(12-26)34(3)22-14-31-25(33-32-22)17-7-6-16(10-21(17)35)18-11-23(36-4)30-13-19(18)28/h6-7,10-11,13-14,20,24,35H,5,8-9,12,15H2,1-4H3/t20-,24-,26-,27-/m1/s1. The van der Waals surface area contributed by atoms with Crippen molar-refractivity contribution in [3.05, 3.63) is 42.5 Å². The van der Waals surface area contributed by atoms with Crippen molar-refractivity contribution >= 4 is 17.6 Å². The molecule has 2 fully saturated rings. The third-order valence-corrected chi connectivity index (χ3v) is 8.70. The van der Waals surface area contributed by atoms with Crippen LogP contribution in [0.3, 0.4) is 0 Å². The van der Waals surface area contributed by atoms with Crippen molar-refractivity contribution in [1.82, 2.24) is 20.2 Å². The lowest BCUT2D eigenvalue weighted by molar-refractivity contribution is -0.0540. The van der Waals surface area contributed by atoms with Crippen LogP contribution >= 0.6 is 11.8 Å². The molecule has 9 heteroatoms. The fourth-order valence-corrected chi connectivity index (χ4v) is 6.64. The van der Waals surface area contributed by atoms with Crippen LogP contribution in [0.5, 0.6) is 5.75 Å². The van der Waals surface area contributed by atoms with Crippen LogP contribution in [0.15, 0.2) is 41.7 Å². The van der Waals surface area contributed by atoms with Crippen LogP contribution in [-0.2, 0) is 0 Å². The number of benzene rings is 1. The van der Waals surface area contributed by atoms with E-state index in [1.54, 1.807) is 24.4 Å². The first-order valence-corrected chi connectivity index (χ1v) is 13.4. The van der Waals surface area contributed by atoms with E-state index in [-0.39, 0.29) is 28.4 Å². The fourth-order valence-electron chi connectivity index (χ4n) is 6.25. The Morgan fingerprint density at radius 2 is 1.89 bits per heavy atom. The molecule has 5 rings (SSSR count). The summed E-state index contributed by atoms with van der Waals surface area (Å²) in [5.74, 6) is 0.193. The quantitative estimate of drug-likeness (QED) is 0.403. The molecule has 2 saturated carbocycles. The van der Waals surface area contributed by atoms with Crippen molar-refractivity contribution in [3.8, 4) is 28.3 Å². The molecule has 0 spiro atoms. The second kappa shape index (κ2) is 9.25. The van der Waals surface area contributed by atoms with Gasteiger partial charge in [0, 0.05) is 18.0 Å². The van der Waals surface area contributed by atoms with Crippen molar-refractivity contribution in [2.24, 2.45) is 10.8 Å². The Balaban J connectivity index is 1.38. The van der Waals surface area contributed by atoms with Crippen molar-refractivity contribution in [2.45, 2.75) is 63.2 Å². The highest BCUT2D eigenvalue weighted by atomic mass is 32.2. The Kier molecular flexibility index (Phi) is 6.39. The minimum Gasteiger partial charge on any atom is -0.507 e. The van der Waals surface area contributed by atoms with Crippen LogP contribution in [0.4, 0.5) is 14.6 Å². The first-order valence-electron chi connectivity index (χ1n) is 12.2. The summed E-state index contributed by atoms with van der Waals surface area (Å²) in [5.41, 5.74) is 1.08. The average molecular weight is 512 g/mol. The van der Waals surface area contributed by atoms with E-state index in [0.717, 1.165) is 32.1 Å². The summed E-state index contributed by atoms with van der Waals surface area (Å²) in [4.78, 5) is 10.3. The first kappa shape index (κ1) is 24.9. The molecule has 6 nitrogen and oxygen atoms in total. The van der Waals surface area contributed by atoms with Crippen LogP contribution in [-0.4, -0.2) is 50.8 Å². The van der Waals surface area contributed by atoms with E-state index < -0.39 is 12.0 Å². The second-order valence-corrected chi connectivity index (χ2v) is 11.7. The molecule has 2 heterocycles. The predicted molar refractivity (Wildman–Crippen MR) is 138 cm³/mol. The number of phenols is 1. The Bertz CT molecular complexity index is 1280. The molecule has 0 aliphatic heterocycles. The minimum atomic E-state index is -0.950. The Morgan fingerprint density at radius 3 is 2.58 bits per heavy atom. The topological polar surface area (TPSA) is 75.0 Å². The van der Waals surface area contributed by atoms with E-state index in [2.05, 4.69) is 34.0 Å². The number of phenolic OH excluding ortho intramolecular Hbond substituents is 1. The van der Waals surface area contributed by atoms with Gasteiger partial charge in [0.05, 0.1) is 29.0 Å². The van der Waals surface area contributed by atoms with E-state index in [0.29, 0.717) is 27.5 Å². The third-order valence-electron chi connectivity index (χ3n) is 8.06. The number of nitrogens with zero attached hydrogens (tertiary/aromatic N) is 5. The molecule has 0 unspecified atom stereocenters. The average Bonchev–Trinajstić information content (AvgIpc) is 2.86. The van der Waals surface area contributed by atoms with Crippen molar-refractivity contribution in [2.75, 3.05) is 18.2 Å². The molecule has 0 amide bonds. The number of hydrogen-bond donors (Lipinski definition) is 1. The molecular weight excluding hydrogens is 480 g/mol. The predicted octanol–water partition coefficient (Wildman–Crippen LogP) is 6.30. The van der Waals surface area contributed by atoms with Crippen molar-refractivity contribution in [1.29, 1.82) is 0 Å². The number of aromatic hydroxyl groups is 1. The minimum absolute atomic E-state index is 0.0814. The largest absolute Gasteiger partial charge is 0.507 e. The van der Waals surface area contributed by atoms with E-state index >= 15 is 4.39 Å². The van der Waals surface area contributed by atoms with Gasteiger partial charge in [0.1, 0.15) is 17.7 Å². The number of hydrogen-bond acceptors (Lipinski definition) is 7. The molecule has 2 aliphatic rings. The molecule has 2 aliphatic carbocycles. The molecule has 1 aromatic carbocycles. The number of halogens is 2. The highest BCUT2D eigenvalue weighted by Gasteiger charge is 2.54.